The Hall–Kier alpha value is -1.88. The Morgan fingerprint density at radius 1 is 1.36 bits per heavy atom. The number of hydrogen-bond donors (Lipinski definition) is 2. The van der Waals surface area contributed by atoms with E-state index < -0.39 is 6.04 Å². The first-order chi connectivity index (χ1) is 10.3. The van der Waals surface area contributed by atoms with Gasteiger partial charge in [-0.3, -0.25) is 4.79 Å². The number of nitrogens with two attached hydrogens (primary N) is 1. The molecule has 0 spiro atoms. The topological polar surface area (TPSA) is 72.9 Å². The third-order valence-corrected chi connectivity index (χ3v) is 3.97. The molecular formula is C17H26N4O. The van der Waals surface area contributed by atoms with Crippen LogP contribution in [0, 0.1) is 5.41 Å². The number of aromatic nitrogens is 2. The molecule has 0 saturated carbocycles. The zero-order valence-corrected chi connectivity index (χ0v) is 13.9. The molecule has 1 atom stereocenters. The second-order valence-corrected chi connectivity index (χ2v) is 6.81. The van der Waals surface area contributed by atoms with Crippen LogP contribution < -0.4 is 11.1 Å². The Kier molecular flexibility index (Phi) is 4.86. The molecule has 0 aliphatic rings. The highest BCUT2D eigenvalue weighted by atomic mass is 16.2. The van der Waals surface area contributed by atoms with Gasteiger partial charge in [0.05, 0.1) is 17.1 Å². The van der Waals surface area contributed by atoms with Crippen LogP contribution in [0.15, 0.2) is 24.3 Å². The average Bonchev–Trinajstić information content (AvgIpc) is 2.78. The second kappa shape index (κ2) is 6.48. The van der Waals surface area contributed by atoms with Gasteiger partial charge < -0.3 is 15.6 Å². The average molecular weight is 302 g/mol. The van der Waals surface area contributed by atoms with Crippen molar-refractivity contribution in [2.24, 2.45) is 18.2 Å². The molecule has 0 radical (unpaired) electrons. The molecule has 0 saturated heterocycles. The number of hydrogen-bond acceptors (Lipinski definition) is 3. The predicted molar refractivity (Wildman–Crippen MR) is 89.5 cm³/mol. The lowest BCUT2D eigenvalue weighted by Gasteiger charge is -2.25. The Morgan fingerprint density at radius 3 is 2.68 bits per heavy atom. The fraction of sp³-hybridized carbons (Fsp3) is 0.529. The number of nitrogens with zero attached hydrogens (tertiary/aromatic N) is 2. The predicted octanol–water partition coefficient (Wildman–Crippen LogP) is 2.00. The number of para-hydroxylation sites is 2. The van der Waals surface area contributed by atoms with E-state index in [4.69, 9.17) is 5.73 Å². The fourth-order valence-corrected chi connectivity index (χ4v) is 2.38. The number of carbonyl (C=O) groups excluding carboxylic acids is 1. The molecule has 1 heterocycles. The Balaban J connectivity index is 1.86. The minimum Gasteiger partial charge on any atom is -0.355 e. The molecular weight excluding hydrogens is 276 g/mol. The summed E-state index contributed by atoms with van der Waals surface area (Å²) in [7, 11) is 2.03. The summed E-state index contributed by atoms with van der Waals surface area (Å²) in [5.41, 5.74) is 7.86. The molecule has 22 heavy (non-hydrogen) atoms. The molecule has 120 valence electrons. The zero-order chi connectivity index (χ0) is 16.3. The lowest BCUT2D eigenvalue weighted by molar-refractivity contribution is -0.124. The third kappa shape index (κ3) is 3.65. The van der Waals surface area contributed by atoms with Gasteiger partial charge in [0.15, 0.2) is 0 Å². The standard InChI is InChI=1S/C17H26N4O/c1-17(2,3)15(18)16(22)19-11-7-10-14-20-12-8-5-6-9-13(12)21(14)4/h5-6,8-9,15H,7,10-11,18H2,1-4H3,(H,19,22)/t15-/m1/s1. The molecule has 1 amide bonds. The maximum atomic E-state index is 12.0. The summed E-state index contributed by atoms with van der Waals surface area (Å²) in [4.78, 5) is 16.6. The van der Waals surface area contributed by atoms with Crippen LogP contribution in [0.4, 0.5) is 0 Å². The maximum absolute atomic E-state index is 12.0. The Bertz CT molecular complexity index is 654. The third-order valence-electron chi connectivity index (χ3n) is 3.97. The lowest BCUT2D eigenvalue weighted by atomic mass is 9.87. The summed E-state index contributed by atoms with van der Waals surface area (Å²) in [6, 6.07) is 7.61. The highest BCUT2D eigenvalue weighted by Crippen LogP contribution is 2.17. The van der Waals surface area contributed by atoms with Crippen molar-refractivity contribution in [1.29, 1.82) is 0 Å². The van der Waals surface area contributed by atoms with E-state index in [1.54, 1.807) is 0 Å². The van der Waals surface area contributed by atoms with E-state index in [2.05, 4.69) is 20.9 Å². The molecule has 0 bridgehead atoms. The summed E-state index contributed by atoms with van der Waals surface area (Å²) in [6.07, 6.45) is 1.68. The maximum Gasteiger partial charge on any atom is 0.237 e. The molecule has 5 nitrogen and oxygen atoms in total. The number of carbonyl (C=O) groups is 1. The van der Waals surface area contributed by atoms with Crippen LogP contribution in [0.1, 0.15) is 33.0 Å². The summed E-state index contributed by atoms with van der Waals surface area (Å²) < 4.78 is 2.11. The van der Waals surface area contributed by atoms with E-state index in [1.165, 1.54) is 0 Å². The number of rotatable bonds is 5. The van der Waals surface area contributed by atoms with Crippen LogP contribution in [-0.2, 0) is 18.3 Å². The molecule has 1 aromatic heterocycles. The van der Waals surface area contributed by atoms with E-state index in [0.29, 0.717) is 6.54 Å². The van der Waals surface area contributed by atoms with Crippen molar-refractivity contribution in [3.8, 4) is 0 Å². The van der Waals surface area contributed by atoms with Crippen molar-refractivity contribution in [2.45, 2.75) is 39.7 Å². The van der Waals surface area contributed by atoms with Crippen LogP contribution >= 0.6 is 0 Å². The van der Waals surface area contributed by atoms with E-state index >= 15 is 0 Å². The van der Waals surface area contributed by atoms with Gasteiger partial charge in [-0.25, -0.2) is 4.98 Å². The molecule has 5 heteroatoms. The number of benzene rings is 1. The van der Waals surface area contributed by atoms with Crippen molar-refractivity contribution in [1.82, 2.24) is 14.9 Å². The van der Waals surface area contributed by atoms with Crippen LogP contribution in [0.5, 0.6) is 0 Å². The van der Waals surface area contributed by atoms with Gasteiger partial charge in [-0.2, -0.15) is 0 Å². The van der Waals surface area contributed by atoms with Crippen molar-refractivity contribution < 1.29 is 4.79 Å². The van der Waals surface area contributed by atoms with Crippen molar-refractivity contribution in [3.05, 3.63) is 30.1 Å². The number of fused-ring (bicyclic) bond motifs is 1. The van der Waals surface area contributed by atoms with Gasteiger partial charge in [-0.15, -0.1) is 0 Å². The molecule has 3 N–H and O–H groups in total. The molecule has 1 aromatic carbocycles. The highest BCUT2D eigenvalue weighted by molar-refractivity contribution is 5.82. The number of imidazole rings is 1. The summed E-state index contributed by atoms with van der Waals surface area (Å²) >= 11 is 0. The van der Waals surface area contributed by atoms with Gasteiger partial charge in [0.1, 0.15) is 5.82 Å². The molecule has 0 unspecified atom stereocenters. The number of amides is 1. The highest BCUT2D eigenvalue weighted by Gasteiger charge is 2.26. The monoisotopic (exact) mass is 302 g/mol. The van der Waals surface area contributed by atoms with Gasteiger partial charge in [-0.05, 0) is 24.0 Å². The van der Waals surface area contributed by atoms with Crippen molar-refractivity contribution >= 4 is 16.9 Å². The molecule has 0 fully saturated rings. The first-order valence-corrected chi connectivity index (χ1v) is 7.74. The van der Waals surface area contributed by atoms with Gasteiger partial charge in [-0.1, -0.05) is 32.9 Å². The SMILES string of the molecule is Cn1c(CCCNC(=O)[C@@H](N)C(C)(C)C)nc2ccccc21. The molecule has 0 aliphatic heterocycles. The molecule has 2 aromatic rings. The quantitative estimate of drug-likeness (QED) is 0.830. The van der Waals surface area contributed by atoms with Gasteiger partial charge in [0.2, 0.25) is 5.91 Å². The number of aryl methyl sites for hydroxylation is 2. The first kappa shape index (κ1) is 16.5. The van der Waals surface area contributed by atoms with Crippen LogP contribution in [-0.4, -0.2) is 28.0 Å². The van der Waals surface area contributed by atoms with Crippen molar-refractivity contribution in [2.75, 3.05) is 6.54 Å². The van der Waals surface area contributed by atoms with E-state index in [9.17, 15) is 4.79 Å². The van der Waals surface area contributed by atoms with Crippen molar-refractivity contribution in [3.63, 3.8) is 0 Å². The normalized spacial score (nSPS) is 13.3. The van der Waals surface area contributed by atoms with E-state index in [-0.39, 0.29) is 11.3 Å². The largest absolute Gasteiger partial charge is 0.355 e. The van der Waals surface area contributed by atoms with E-state index in [1.807, 2.05) is 46.0 Å². The molecule has 2 rings (SSSR count). The van der Waals surface area contributed by atoms with Crippen LogP contribution in [0.3, 0.4) is 0 Å². The van der Waals surface area contributed by atoms with E-state index in [0.717, 1.165) is 29.7 Å². The number of nitrogens with one attached hydrogen (secondary N) is 1. The van der Waals surface area contributed by atoms with Gasteiger partial charge in [0.25, 0.3) is 0 Å². The Labute approximate surface area is 131 Å². The van der Waals surface area contributed by atoms with Gasteiger partial charge >= 0.3 is 0 Å². The van der Waals surface area contributed by atoms with Crippen LogP contribution in [0.25, 0.3) is 11.0 Å². The lowest BCUT2D eigenvalue weighted by Crippen LogP contribution is -2.48. The van der Waals surface area contributed by atoms with Crippen LogP contribution in [0.2, 0.25) is 0 Å². The smallest absolute Gasteiger partial charge is 0.237 e. The molecule has 0 aliphatic carbocycles. The minimum atomic E-state index is -0.483. The second-order valence-electron chi connectivity index (χ2n) is 6.81. The van der Waals surface area contributed by atoms with Gasteiger partial charge in [0, 0.05) is 20.0 Å². The first-order valence-electron chi connectivity index (χ1n) is 7.74. The fourth-order valence-electron chi connectivity index (χ4n) is 2.38. The summed E-state index contributed by atoms with van der Waals surface area (Å²) in [5, 5.41) is 2.91. The summed E-state index contributed by atoms with van der Waals surface area (Å²) in [5.74, 6) is 0.952. The minimum absolute atomic E-state index is 0.0856. The Morgan fingerprint density at radius 2 is 2.05 bits per heavy atom. The summed E-state index contributed by atoms with van der Waals surface area (Å²) in [6.45, 7) is 6.52. The zero-order valence-electron chi connectivity index (χ0n) is 13.9.